The molecule has 0 fully saturated rings. The van der Waals surface area contributed by atoms with Gasteiger partial charge >= 0.3 is 7.60 Å². The van der Waals surface area contributed by atoms with Crippen molar-refractivity contribution in [2.75, 3.05) is 0 Å². The summed E-state index contributed by atoms with van der Waals surface area (Å²) in [7, 11) is -4.02. The van der Waals surface area contributed by atoms with Gasteiger partial charge in [0.2, 0.25) is 0 Å². The molecule has 3 aromatic heterocycles. The van der Waals surface area contributed by atoms with E-state index in [1.165, 1.54) is 12.1 Å². The van der Waals surface area contributed by atoms with Crippen LogP contribution in [-0.2, 0) is 4.57 Å². The van der Waals surface area contributed by atoms with Gasteiger partial charge in [0.25, 0.3) is 0 Å². The Balaban J connectivity index is 0.000000204. The lowest BCUT2D eigenvalue weighted by Gasteiger charge is -2.00. The Morgan fingerprint density at radius 2 is 0.971 bits per heavy atom. The minimum absolute atomic E-state index is 0.0648. The zero-order chi connectivity index (χ0) is 23.5. The lowest BCUT2D eigenvalue weighted by molar-refractivity contribution is 0.387. The van der Waals surface area contributed by atoms with E-state index < -0.39 is 7.60 Å². The summed E-state index contributed by atoms with van der Waals surface area (Å²) in [5, 5.41) is 0.0648. The number of fused-ring (bicyclic) bond motifs is 8. The van der Waals surface area contributed by atoms with Gasteiger partial charge in [0.05, 0.1) is 28.1 Å². The van der Waals surface area contributed by atoms with Crippen molar-refractivity contribution in [3.05, 3.63) is 102 Å². The SMILES string of the molecule is C1=Cc2cc3ccc(cc4ccc(cc5nc(cc1n2)C=C5)[nH]4)[nH]3.O=P(O)(O)c1ccccc1. The van der Waals surface area contributed by atoms with Crippen LogP contribution in [0.15, 0.2) is 78.9 Å². The predicted octanol–water partition coefficient (Wildman–Crippen LogP) is 5.15. The highest BCUT2D eigenvalue weighted by atomic mass is 31.2. The first-order valence-corrected chi connectivity index (χ1v) is 12.2. The maximum absolute atomic E-state index is 10.5. The largest absolute Gasteiger partial charge is 0.356 e. The standard InChI is InChI=1S/C20H14N4.C6H7O3P/c1-2-14-10-16-5-6-18(23-16)12-20-8-7-19(24-20)11-17-4-3-15(22-17)9-13(1)21-14;7-10(8,9)6-4-2-1-3-5-6/h1-12,21-22H;1-5H,(H2,7,8,9). The van der Waals surface area contributed by atoms with Gasteiger partial charge in [-0.2, -0.15) is 0 Å². The van der Waals surface area contributed by atoms with Gasteiger partial charge in [-0.1, -0.05) is 18.2 Å². The van der Waals surface area contributed by atoms with Crippen molar-refractivity contribution in [2.24, 2.45) is 0 Å². The van der Waals surface area contributed by atoms with Crippen LogP contribution < -0.4 is 5.30 Å². The Bertz CT molecular complexity index is 1520. The van der Waals surface area contributed by atoms with Crippen molar-refractivity contribution < 1.29 is 14.4 Å². The average Bonchev–Trinajstić information content (AvgIpc) is 3.60. The van der Waals surface area contributed by atoms with Crippen LogP contribution in [0.4, 0.5) is 0 Å². The summed E-state index contributed by atoms with van der Waals surface area (Å²) in [6.45, 7) is 0. The molecule has 2 aliphatic rings. The van der Waals surface area contributed by atoms with Gasteiger partial charge in [0.15, 0.2) is 0 Å². The minimum Gasteiger partial charge on any atom is -0.355 e. The van der Waals surface area contributed by atoms with Gasteiger partial charge in [-0.15, -0.1) is 0 Å². The van der Waals surface area contributed by atoms with Gasteiger partial charge in [0.1, 0.15) is 0 Å². The normalized spacial score (nSPS) is 12.3. The molecular formula is C26H21N4O3P. The van der Waals surface area contributed by atoms with Crippen molar-refractivity contribution >= 4 is 59.3 Å². The summed E-state index contributed by atoms with van der Waals surface area (Å²) in [5.41, 5.74) is 7.86. The van der Waals surface area contributed by atoms with Crippen LogP contribution in [0, 0.1) is 0 Å². The number of nitrogens with one attached hydrogen (secondary N) is 2. The molecule has 0 amide bonds. The fourth-order valence-corrected chi connectivity index (χ4v) is 4.13. The molecule has 1 aromatic carbocycles. The maximum Gasteiger partial charge on any atom is 0.356 e. The van der Waals surface area contributed by atoms with Crippen LogP contribution in [0.3, 0.4) is 0 Å². The van der Waals surface area contributed by atoms with E-state index in [-0.39, 0.29) is 5.30 Å². The summed E-state index contributed by atoms with van der Waals surface area (Å²) in [6, 6.07) is 24.1. The smallest absolute Gasteiger partial charge is 0.355 e. The fourth-order valence-electron chi connectivity index (χ4n) is 3.57. The van der Waals surface area contributed by atoms with E-state index in [1.54, 1.807) is 18.2 Å². The number of rotatable bonds is 1. The van der Waals surface area contributed by atoms with Gasteiger partial charge in [-0.3, -0.25) is 4.57 Å². The molecule has 0 unspecified atom stereocenters. The summed E-state index contributed by atoms with van der Waals surface area (Å²) in [5.74, 6) is 0. The van der Waals surface area contributed by atoms with Crippen LogP contribution >= 0.6 is 7.60 Å². The van der Waals surface area contributed by atoms with E-state index in [2.05, 4.69) is 50.3 Å². The Morgan fingerprint density at radius 1 is 0.559 bits per heavy atom. The third-order valence-corrected chi connectivity index (χ3v) is 6.11. The van der Waals surface area contributed by atoms with Crippen LogP contribution in [0.2, 0.25) is 0 Å². The van der Waals surface area contributed by atoms with Gasteiger partial charge in [-0.25, -0.2) is 9.97 Å². The highest BCUT2D eigenvalue weighted by molar-refractivity contribution is 7.60. The van der Waals surface area contributed by atoms with Gasteiger partial charge in [-0.05, 0) is 85.0 Å². The molecule has 0 saturated carbocycles. The second kappa shape index (κ2) is 9.08. The molecule has 0 aliphatic carbocycles. The van der Waals surface area contributed by atoms with Crippen molar-refractivity contribution in [3.8, 4) is 0 Å². The predicted molar refractivity (Wildman–Crippen MR) is 137 cm³/mol. The van der Waals surface area contributed by atoms with Crippen molar-refractivity contribution in [3.63, 3.8) is 0 Å². The van der Waals surface area contributed by atoms with Crippen LogP contribution in [0.25, 0.3) is 46.4 Å². The summed E-state index contributed by atoms with van der Waals surface area (Å²) >= 11 is 0. The quantitative estimate of drug-likeness (QED) is 0.249. The summed E-state index contributed by atoms with van der Waals surface area (Å²) in [4.78, 5) is 33.2. The molecule has 4 aromatic rings. The Labute approximate surface area is 195 Å². The lowest BCUT2D eigenvalue weighted by atomic mass is 10.3. The van der Waals surface area contributed by atoms with Crippen LogP contribution in [-0.4, -0.2) is 29.7 Å². The van der Waals surface area contributed by atoms with E-state index in [4.69, 9.17) is 9.79 Å². The molecule has 8 bridgehead atoms. The average molecular weight is 468 g/mol. The first kappa shape index (κ1) is 21.8. The topological polar surface area (TPSA) is 115 Å². The molecule has 168 valence electrons. The van der Waals surface area contributed by atoms with Crippen molar-refractivity contribution in [1.82, 2.24) is 19.9 Å². The fraction of sp³-hybridized carbons (Fsp3) is 0. The van der Waals surface area contributed by atoms with Crippen molar-refractivity contribution in [1.29, 1.82) is 0 Å². The number of aromatic nitrogens is 4. The molecule has 4 N–H and O–H groups in total. The molecule has 5 heterocycles. The van der Waals surface area contributed by atoms with E-state index in [0.29, 0.717) is 0 Å². The molecule has 8 heteroatoms. The third kappa shape index (κ3) is 5.30. The van der Waals surface area contributed by atoms with Crippen molar-refractivity contribution in [2.45, 2.75) is 0 Å². The molecular weight excluding hydrogens is 447 g/mol. The number of hydrogen-bond donors (Lipinski definition) is 4. The summed E-state index contributed by atoms with van der Waals surface area (Å²) in [6.07, 6.45) is 8.05. The highest BCUT2D eigenvalue weighted by Crippen LogP contribution is 2.32. The van der Waals surface area contributed by atoms with E-state index in [1.807, 2.05) is 42.5 Å². The molecule has 0 radical (unpaired) electrons. The molecule has 0 spiro atoms. The first-order valence-electron chi connectivity index (χ1n) is 10.6. The zero-order valence-corrected chi connectivity index (χ0v) is 18.9. The molecule has 7 nitrogen and oxygen atoms in total. The minimum atomic E-state index is -4.02. The lowest BCUT2D eigenvalue weighted by Crippen LogP contribution is -2.01. The second-order valence-electron chi connectivity index (χ2n) is 7.78. The Kier molecular flexibility index (Phi) is 5.82. The van der Waals surface area contributed by atoms with Gasteiger partial charge in [0, 0.05) is 22.1 Å². The number of nitrogens with zero attached hydrogens (tertiary/aromatic N) is 2. The molecule has 0 atom stereocenters. The molecule has 34 heavy (non-hydrogen) atoms. The molecule has 2 aliphatic heterocycles. The number of benzene rings is 1. The first-order chi connectivity index (χ1) is 16.4. The summed E-state index contributed by atoms with van der Waals surface area (Å²) < 4.78 is 10.5. The molecule has 0 saturated heterocycles. The monoisotopic (exact) mass is 468 g/mol. The van der Waals surface area contributed by atoms with Gasteiger partial charge < -0.3 is 19.8 Å². The third-order valence-electron chi connectivity index (χ3n) is 5.13. The number of aromatic amines is 2. The number of H-pyrrole nitrogens is 2. The van der Waals surface area contributed by atoms with E-state index in [9.17, 15) is 4.57 Å². The Hall–Kier alpha value is -4.03. The number of hydrogen-bond acceptors (Lipinski definition) is 3. The molecule has 6 rings (SSSR count). The van der Waals surface area contributed by atoms with Crippen LogP contribution in [0.1, 0.15) is 22.8 Å². The maximum atomic E-state index is 10.5. The van der Waals surface area contributed by atoms with E-state index >= 15 is 0 Å². The van der Waals surface area contributed by atoms with E-state index in [0.717, 1.165) is 44.8 Å². The Morgan fingerprint density at radius 3 is 1.38 bits per heavy atom. The second-order valence-corrected chi connectivity index (χ2v) is 9.39. The van der Waals surface area contributed by atoms with Crippen LogP contribution in [0.5, 0.6) is 0 Å². The zero-order valence-electron chi connectivity index (χ0n) is 18.0. The highest BCUT2D eigenvalue weighted by Gasteiger charge is 2.14.